The Balaban J connectivity index is 2.31. The highest BCUT2D eigenvalue weighted by Crippen LogP contribution is 2.24. The third-order valence-corrected chi connectivity index (χ3v) is 3.41. The standard InChI is InChI=1S/C17H17NO2/c1-11(2)13-4-6-14(7-5-13)15(10-18)16(19)17-12(3)8-9-20-17/h4-9,11,15H,1-3H3. The van der Waals surface area contributed by atoms with Crippen molar-refractivity contribution in [2.24, 2.45) is 0 Å². The Labute approximate surface area is 118 Å². The summed E-state index contributed by atoms with van der Waals surface area (Å²) >= 11 is 0. The van der Waals surface area contributed by atoms with Gasteiger partial charge in [-0.15, -0.1) is 0 Å². The number of nitriles is 1. The lowest BCUT2D eigenvalue weighted by Gasteiger charge is -2.10. The van der Waals surface area contributed by atoms with Crippen molar-refractivity contribution in [3.63, 3.8) is 0 Å². The highest BCUT2D eigenvalue weighted by Gasteiger charge is 2.25. The minimum Gasteiger partial charge on any atom is -0.461 e. The van der Waals surface area contributed by atoms with Crippen LogP contribution in [-0.4, -0.2) is 5.78 Å². The molecule has 0 spiro atoms. The second-order valence-corrected chi connectivity index (χ2v) is 5.18. The number of aryl methyl sites for hydroxylation is 1. The molecule has 20 heavy (non-hydrogen) atoms. The third-order valence-electron chi connectivity index (χ3n) is 3.41. The van der Waals surface area contributed by atoms with Gasteiger partial charge in [0.15, 0.2) is 5.76 Å². The molecule has 0 fully saturated rings. The molecule has 0 N–H and O–H groups in total. The van der Waals surface area contributed by atoms with E-state index < -0.39 is 5.92 Å². The summed E-state index contributed by atoms with van der Waals surface area (Å²) in [4.78, 5) is 12.4. The van der Waals surface area contributed by atoms with Crippen molar-refractivity contribution < 1.29 is 9.21 Å². The third kappa shape index (κ3) is 2.65. The molecule has 1 unspecified atom stereocenters. The number of ketones is 1. The van der Waals surface area contributed by atoms with Crippen molar-refractivity contribution in [3.8, 4) is 6.07 Å². The molecular weight excluding hydrogens is 250 g/mol. The van der Waals surface area contributed by atoms with Crippen LogP contribution >= 0.6 is 0 Å². The van der Waals surface area contributed by atoms with Gasteiger partial charge in [-0.2, -0.15) is 5.26 Å². The number of hydrogen-bond donors (Lipinski definition) is 0. The molecule has 3 heteroatoms. The summed E-state index contributed by atoms with van der Waals surface area (Å²) in [7, 11) is 0. The molecular formula is C17H17NO2. The molecule has 0 amide bonds. The minimum absolute atomic E-state index is 0.268. The summed E-state index contributed by atoms with van der Waals surface area (Å²) in [6.07, 6.45) is 1.47. The van der Waals surface area contributed by atoms with Gasteiger partial charge in [0, 0.05) is 0 Å². The van der Waals surface area contributed by atoms with Gasteiger partial charge in [0.25, 0.3) is 0 Å². The van der Waals surface area contributed by atoms with Gasteiger partial charge in [0.05, 0.1) is 12.3 Å². The van der Waals surface area contributed by atoms with Crippen LogP contribution in [0.2, 0.25) is 0 Å². The summed E-state index contributed by atoms with van der Waals surface area (Å²) < 4.78 is 5.19. The first-order valence-electron chi connectivity index (χ1n) is 6.62. The van der Waals surface area contributed by atoms with Gasteiger partial charge in [-0.3, -0.25) is 4.79 Å². The number of furan rings is 1. The molecule has 0 saturated carbocycles. The summed E-state index contributed by atoms with van der Waals surface area (Å²) in [6.45, 7) is 6.01. The number of carbonyl (C=O) groups is 1. The Morgan fingerprint density at radius 1 is 1.15 bits per heavy atom. The number of benzene rings is 1. The average molecular weight is 267 g/mol. The van der Waals surface area contributed by atoms with E-state index in [1.54, 1.807) is 13.0 Å². The summed E-state index contributed by atoms with van der Waals surface area (Å²) in [5, 5.41) is 9.31. The van der Waals surface area contributed by atoms with Crippen LogP contribution in [0.1, 0.15) is 52.9 Å². The monoisotopic (exact) mass is 267 g/mol. The van der Waals surface area contributed by atoms with Gasteiger partial charge in [-0.1, -0.05) is 38.1 Å². The lowest BCUT2D eigenvalue weighted by molar-refractivity contribution is 0.0951. The van der Waals surface area contributed by atoms with Crippen LogP contribution in [0.25, 0.3) is 0 Å². The van der Waals surface area contributed by atoms with Crippen molar-refractivity contribution in [1.82, 2.24) is 0 Å². The number of Topliss-reactive ketones (excluding diaryl/α,β-unsaturated/α-hetero) is 1. The van der Waals surface area contributed by atoms with Gasteiger partial charge in [-0.05, 0) is 35.6 Å². The maximum Gasteiger partial charge on any atom is 0.219 e. The first kappa shape index (κ1) is 14.1. The first-order valence-corrected chi connectivity index (χ1v) is 6.62. The topological polar surface area (TPSA) is 54.0 Å². The van der Waals surface area contributed by atoms with Crippen molar-refractivity contribution >= 4 is 5.78 Å². The molecule has 1 atom stereocenters. The van der Waals surface area contributed by atoms with Gasteiger partial charge < -0.3 is 4.42 Å². The normalized spacial score (nSPS) is 12.2. The number of carbonyl (C=O) groups excluding carboxylic acids is 1. The fourth-order valence-corrected chi connectivity index (χ4v) is 2.11. The van der Waals surface area contributed by atoms with Gasteiger partial charge in [-0.25, -0.2) is 0 Å². The summed E-state index contributed by atoms with van der Waals surface area (Å²) in [5.41, 5.74) is 2.65. The molecule has 0 aliphatic heterocycles. The summed E-state index contributed by atoms with van der Waals surface area (Å²) in [5.74, 6) is -0.412. The predicted molar refractivity (Wildman–Crippen MR) is 76.7 cm³/mol. The minimum atomic E-state index is -0.818. The van der Waals surface area contributed by atoms with Crippen LogP contribution in [0.4, 0.5) is 0 Å². The molecule has 102 valence electrons. The fourth-order valence-electron chi connectivity index (χ4n) is 2.11. The molecule has 0 saturated heterocycles. The van der Waals surface area contributed by atoms with E-state index in [9.17, 15) is 10.1 Å². The van der Waals surface area contributed by atoms with E-state index in [4.69, 9.17) is 4.42 Å². The summed E-state index contributed by atoms with van der Waals surface area (Å²) in [6, 6.07) is 11.4. The molecule has 0 aliphatic rings. The lowest BCUT2D eigenvalue weighted by Crippen LogP contribution is -2.11. The molecule has 3 nitrogen and oxygen atoms in total. The maximum atomic E-state index is 12.4. The smallest absolute Gasteiger partial charge is 0.219 e. The van der Waals surface area contributed by atoms with Crippen molar-refractivity contribution in [3.05, 3.63) is 59.0 Å². The van der Waals surface area contributed by atoms with Gasteiger partial charge >= 0.3 is 0 Å². The zero-order chi connectivity index (χ0) is 14.7. The molecule has 0 bridgehead atoms. The van der Waals surface area contributed by atoms with E-state index in [0.717, 1.165) is 5.56 Å². The molecule has 2 rings (SSSR count). The SMILES string of the molecule is Cc1ccoc1C(=O)C(C#N)c1ccc(C(C)C)cc1. The van der Waals surface area contributed by atoms with Gasteiger partial charge in [0.2, 0.25) is 5.78 Å². The Morgan fingerprint density at radius 3 is 2.20 bits per heavy atom. The average Bonchev–Trinajstić information content (AvgIpc) is 2.86. The van der Waals surface area contributed by atoms with E-state index in [1.165, 1.54) is 11.8 Å². The van der Waals surface area contributed by atoms with Crippen molar-refractivity contribution in [1.29, 1.82) is 5.26 Å². The van der Waals surface area contributed by atoms with E-state index in [-0.39, 0.29) is 11.5 Å². The lowest BCUT2D eigenvalue weighted by atomic mass is 9.91. The van der Waals surface area contributed by atoms with E-state index >= 15 is 0 Å². The van der Waals surface area contributed by atoms with E-state index in [2.05, 4.69) is 19.9 Å². The fraction of sp³-hybridized carbons (Fsp3) is 0.294. The number of hydrogen-bond acceptors (Lipinski definition) is 3. The van der Waals surface area contributed by atoms with Crippen molar-refractivity contribution in [2.75, 3.05) is 0 Å². The molecule has 1 aromatic carbocycles. The predicted octanol–water partition coefficient (Wildman–Crippen LogP) is 4.20. The highest BCUT2D eigenvalue weighted by molar-refractivity contribution is 6.01. The zero-order valence-corrected chi connectivity index (χ0v) is 11.9. The van der Waals surface area contributed by atoms with Crippen LogP contribution in [0.5, 0.6) is 0 Å². The van der Waals surface area contributed by atoms with E-state index in [1.807, 2.05) is 24.3 Å². The van der Waals surface area contributed by atoms with Crippen LogP contribution in [0.15, 0.2) is 41.0 Å². The molecule has 1 aromatic heterocycles. The Hall–Kier alpha value is -2.34. The second-order valence-electron chi connectivity index (χ2n) is 5.18. The van der Waals surface area contributed by atoms with Crippen LogP contribution in [0, 0.1) is 18.3 Å². The quantitative estimate of drug-likeness (QED) is 0.780. The van der Waals surface area contributed by atoms with Crippen LogP contribution < -0.4 is 0 Å². The van der Waals surface area contributed by atoms with Crippen LogP contribution in [-0.2, 0) is 0 Å². The highest BCUT2D eigenvalue weighted by atomic mass is 16.3. The molecule has 1 heterocycles. The first-order chi connectivity index (χ1) is 9.54. The second kappa shape index (κ2) is 5.75. The maximum absolute atomic E-state index is 12.4. The number of rotatable bonds is 4. The molecule has 2 aromatic rings. The zero-order valence-electron chi connectivity index (χ0n) is 11.9. The van der Waals surface area contributed by atoms with E-state index in [0.29, 0.717) is 11.5 Å². The Kier molecular flexibility index (Phi) is 4.05. The van der Waals surface area contributed by atoms with Gasteiger partial charge in [0.1, 0.15) is 5.92 Å². The van der Waals surface area contributed by atoms with Crippen molar-refractivity contribution in [2.45, 2.75) is 32.6 Å². The molecule has 0 aliphatic carbocycles. The number of nitrogens with zero attached hydrogens (tertiary/aromatic N) is 1. The Morgan fingerprint density at radius 2 is 1.75 bits per heavy atom. The molecule has 0 radical (unpaired) electrons. The Bertz CT molecular complexity index is 644. The largest absolute Gasteiger partial charge is 0.461 e. The van der Waals surface area contributed by atoms with Crippen LogP contribution in [0.3, 0.4) is 0 Å².